The number of phenols is 1. The summed E-state index contributed by atoms with van der Waals surface area (Å²) in [5.74, 6) is -2.35. The van der Waals surface area contributed by atoms with E-state index < -0.39 is 47.9 Å². The van der Waals surface area contributed by atoms with Gasteiger partial charge in [0.05, 0.1) is 42.2 Å². The number of amides is 4. The van der Waals surface area contributed by atoms with Crippen LogP contribution in [0.3, 0.4) is 0 Å². The summed E-state index contributed by atoms with van der Waals surface area (Å²) in [7, 11) is 0. The summed E-state index contributed by atoms with van der Waals surface area (Å²) < 4.78 is 6.17. The number of aromatic amines is 1. The number of nitrogens with two attached hydrogens (primary N) is 1. The lowest BCUT2D eigenvalue weighted by atomic mass is 9.99. The first-order valence-corrected chi connectivity index (χ1v) is 20.1. The van der Waals surface area contributed by atoms with Crippen LogP contribution in [0.1, 0.15) is 81.8 Å². The number of hydrogen-bond donors (Lipinski definition) is 8. The molecule has 0 bridgehead atoms. The highest BCUT2D eigenvalue weighted by molar-refractivity contribution is 6.00. The Morgan fingerprint density at radius 2 is 1.42 bits per heavy atom. The number of nitrogens with zero attached hydrogens (tertiary/aromatic N) is 1. The van der Waals surface area contributed by atoms with Crippen molar-refractivity contribution in [2.24, 2.45) is 5.73 Å². The number of ether oxygens (including phenoxy) is 1. The van der Waals surface area contributed by atoms with Crippen molar-refractivity contribution < 1.29 is 34.1 Å². The molecule has 5 rings (SSSR count). The molecule has 0 spiro atoms. The Hall–Kier alpha value is -5.31. The number of primary amides is 1. The van der Waals surface area contributed by atoms with Gasteiger partial charge in [-0.3, -0.25) is 19.2 Å². The van der Waals surface area contributed by atoms with E-state index in [0.717, 1.165) is 31.2 Å². The number of hydrogen-bond acceptors (Lipinski definition) is 9. The molecule has 4 aromatic rings. The van der Waals surface area contributed by atoms with Crippen LogP contribution in [0.4, 0.5) is 5.69 Å². The van der Waals surface area contributed by atoms with Crippen LogP contribution in [0.15, 0.2) is 79.1 Å². The molecule has 4 unspecified atom stereocenters. The number of aliphatic hydroxyl groups is 1. The normalized spacial score (nSPS) is 16.2. The molecule has 57 heavy (non-hydrogen) atoms. The summed E-state index contributed by atoms with van der Waals surface area (Å²) in [4.78, 5) is 60.8. The minimum atomic E-state index is -1.18. The molecule has 1 aromatic heterocycles. The Morgan fingerprint density at radius 3 is 2.12 bits per heavy atom. The largest absolute Gasteiger partial charge is 0.508 e. The third-order valence-corrected chi connectivity index (χ3v) is 10.3. The fraction of sp³-hybridized carbons (Fsp3) is 0.465. The molecule has 4 amide bonds. The molecule has 9 N–H and O–H groups in total. The lowest BCUT2D eigenvalue weighted by molar-refractivity contribution is -0.132. The number of carbonyl (C=O) groups excluding carboxylic acids is 4. The first-order chi connectivity index (χ1) is 27.6. The quantitative estimate of drug-likeness (QED) is 0.0684. The van der Waals surface area contributed by atoms with Gasteiger partial charge in [-0.15, -0.1) is 0 Å². The Morgan fingerprint density at radius 1 is 0.789 bits per heavy atom. The van der Waals surface area contributed by atoms with Gasteiger partial charge >= 0.3 is 0 Å². The van der Waals surface area contributed by atoms with Crippen molar-refractivity contribution in [1.82, 2.24) is 25.9 Å². The second-order valence-electron chi connectivity index (χ2n) is 14.9. The topological polar surface area (TPSA) is 221 Å². The van der Waals surface area contributed by atoms with Crippen LogP contribution in [-0.2, 0) is 36.8 Å². The van der Waals surface area contributed by atoms with Gasteiger partial charge in [-0.2, -0.15) is 0 Å². The zero-order valence-corrected chi connectivity index (χ0v) is 32.5. The van der Waals surface area contributed by atoms with E-state index >= 15 is 0 Å². The van der Waals surface area contributed by atoms with Crippen LogP contribution in [0.25, 0.3) is 11.0 Å². The van der Waals surface area contributed by atoms with Crippen LogP contribution in [0.2, 0.25) is 0 Å². The number of rotatable bonds is 19. The number of phenolic OH excluding ortho intramolecular Hbond substituents is 1. The first kappa shape index (κ1) is 42.8. The van der Waals surface area contributed by atoms with E-state index in [9.17, 15) is 29.4 Å². The van der Waals surface area contributed by atoms with Gasteiger partial charge < -0.3 is 46.9 Å². The van der Waals surface area contributed by atoms with E-state index in [0.29, 0.717) is 22.3 Å². The molecule has 4 atom stereocenters. The van der Waals surface area contributed by atoms with E-state index in [4.69, 9.17) is 10.5 Å². The Labute approximate surface area is 333 Å². The summed E-state index contributed by atoms with van der Waals surface area (Å²) in [6, 6.07) is 17.6. The average Bonchev–Trinajstić information content (AvgIpc) is 3.68. The highest BCUT2D eigenvalue weighted by Gasteiger charge is 2.30. The smallest absolute Gasteiger partial charge is 0.246 e. The molecular weight excluding hydrogens is 727 g/mol. The fourth-order valence-electron chi connectivity index (χ4n) is 7.05. The van der Waals surface area contributed by atoms with Gasteiger partial charge in [-0.25, -0.2) is 4.98 Å². The maximum atomic E-state index is 14.2. The SMILES string of the molecule is NC(=O)CCC(NC(=O)C(Cc1ccc(O)cc1)NC(=O)C(Cc1ccccc1)NCC(O)COC1CCCCCCCCC1)C(=O)Nc1ccc2nc[nH]c2c1. The number of imidazole rings is 1. The van der Waals surface area contributed by atoms with Crippen LogP contribution in [-0.4, -0.2) is 87.3 Å². The Bertz CT molecular complexity index is 1860. The van der Waals surface area contributed by atoms with Crippen molar-refractivity contribution >= 4 is 40.3 Å². The summed E-state index contributed by atoms with van der Waals surface area (Å²) in [5, 5.41) is 32.5. The van der Waals surface area contributed by atoms with Crippen molar-refractivity contribution in [1.29, 1.82) is 0 Å². The van der Waals surface area contributed by atoms with Crippen LogP contribution in [0.5, 0.6) is 5.75 Å². The molecule has 0 radical (unpaired) electrons. The molecule has 0 aliphatic heterocycles. The number of aromatic nitrogens is 2. The van der Waals surface area contributed by atoms with E-state index in [1.807, 2.05) is 30.3 Å². The minimum absolute atomic E-state index is 0.0222. The third-order valence-electron chi connectivity index (χ3n) is 10.3. The molecule has 1 aliphatic carbocycles. The van der Waals surface area contributed by atoms with Crippen molar-refractivity contribution in [3.63, 3.8) is 0 Å². The number of carbonyl (C=O) groups is 4. The van der Waals surface area contributed by atoms with Crippen molar-refractivity contribution in [2.45, 2.75) is 114 Å². The highest BCUT2D eigenvalue weighted by Crippen LogP contribution is 2.20. The highest BCUT2D eigenvalue weighted by atomic mass is 16.5. The third kappa shape index (κ3) is 14.6. The maximum Gasteiger partial charge on any atom is 0.246 e. The molecule has 14 heteroatoms. The van der Waals surface area contributed by atoms with Crippen LogP contribution < -0.4 is 27.0 Å². The number of H-pyrrole nitrogens is 1. The maximum absolute atomic E-state index is 14.2. The monoisotopic (exact) mass is 783 g/mol. The second kappa shape index (κ2) is 22.4. The lowest BCUT2D eigenvalue weighted by Gasteiger charge is -2.26. The molecule has 1 fully saturated rings. The molecule has 1 aliphatic rings. The molecule has 1 saturated carbocycles. The molecule has 14 nitrogen and oxygen atoms in total. The zero-order valence-electron chi connectivity index (χ0n) is 32.5. The molecular formula is C43H57N7O7. The van der Waals surface area contributed by atoms with E-state index in [2.05, 4.69) is 31.2 Å². The number of anilines is 1. The lowest BCUT2D eigenvalue weighted by Crippen LogP contribution is -2.57. The number of aliphatic hydroxyl groups excluding tert-OH is 1. The minimum Gasteiger partial charge on any atom is -0.508 e. The molecule has 306 valence electrons. The fourth-order valence-corrected chi connectivity index (χ4v) is 7.05. The molecule has 1 heterocycles. The summed E-state index contributed by atoms with van der Waals surface area (Å²) in [6.07, 6.45) is 11.1. The van der Waals surface area contributed by atoms with Gasteiger partial charge in [0.15, 0.2) is 0 Å². The first-order valence-electron chi connectivity index (χ1n) is 20.1. The number of fused-ring (bicyclic) bond motifs is 1. The summed E-state index contributed by atoms with van der Waals surface area (Å²) in [5.41, 5.74) is 8.79. The standard InChI is InChI=1S/C43H57N7O7/c44-40(53)22-21-36(41(54)48-31-17-20-35-37(25-31)47-28-46-35)49-43(56)39(24-30-15-18-32(51)19-16-30)50-42(55)38(23-29-11-7-6-8-12-29)45-26-33(52)27-57-34-13-9-4-2-1-3-5-10-14-34/h6-8,11-12,15-20,25,28,33-34,36,38-39,45,51-52H,1-5,9-10,13-14,21-24,26-27H2,(H2,44,53)(H,46,47)(H,48,54)(H,49,56)(H,50,55). The van der Waals surface area contributed by atoms with Crippen molar-refractivity contribution in [3.8, 4) is 5.75 Å². The van der Waals surface area contributed by atoms with Crippen LogP contribution in [0, 0.1) is 0 Å². The summed E-state index contributed by atoms with van der Waals surface area (Å²) in [6.45, 7) is 0.208. The predicted molar refractivity (Wildman–Crippen MR) is 218 cm³/mol. The van der Waals surface area contributed by atoms with Gasteiger partial charge in [0.25, 0.3) is 0 Å². The van der Waals surface area contributed by atoms with Gasteiger partial charge in [-0.05, 0) is 67.1 Å². The number of aromatic hydroxyl groups is 1. The van der Waals surface area contributed by atoms with E-state index in [1.54, 1.807) is 30.3 Å². The number of benzene rings is 3. The average molecular weight is 784 g/mol. The second-order valence-corrected chi connectivity index (χ2v) is 14.9. The Kier molecular flexibility index (Phi) is 16.9. The Balaban J connectivity index is 1.29. The van der Waals surface area contributed by atoms with Gasteiger partial charge in [0.1, 0.15) is 17.8 Å². The van der Waals surface area contributed by atoms with Gasteiger partial charge in [0.2, 0.25) is 23.6 Å². The van der Waals surface area contributed by atoms with E-state index in [-0.39, 0.29) is 50.7 Å². The van der Waals surface area contributed by atoms with Crippen molar-refractivity contribution in [2.75, 3.05) is 18.5 Å². The van der Waals surface area contributed by atoms with Gasteiger partial charge in [0, 0.05) is 25.1 Å². The molecule has 3 aromatic carbocycles. The van der Waals surface area contributed by atoms with Gasteiger partial charge in [-0.1, -0.05) is 87.4 Å². The predicted octanol–water partition coefficient (Wildman–Crippen LogP) is 4.16. The summed E-state index contributed by atoms with van der Waals surface area (Å²) >= 11 is 0. The van der Waals surface area contributed by atoms with Crippen molar-refractivity contribution in [3.05, 3.63) is 90.3 Å². The number of nitrogens with one attached hydrogen (secondary N) is 5. The molecule has 0 saturated heterocycles. The zero-order chi connectivity index (χ0) is 40.4. The van der Waals surface area contributed by atoms with Crippen LogP contribution >= 0.6 is 0 Å². The van der Waals surface area contributed by atoms with E-state index in [1.165, 1.54) is 50.6 Å².